The normalized spacial score (nSPS) is 21.2. The van der Waals surface area contributed by atoms with E-state index < -0.39 is 11.9 Å². The molecule has 5 rings (SSSR count). The maximum absolute atomic E-state index is 12.9. The van der Waals surface area contributed by atoms with Gasteiger partial charge in [-0.1, -0.05) is 11.8 Å². The second-order valence-corrected chi connectivity index (χ2v) is 8.32. The largest absolute Gasteiger partial charge is 0.375 e. The molecule has 170 valence electrons. The van der Waals surface area contributed by atoms with E-state index in [1.807, 2.05) is 0 Å². The fraction of sp³-hybridized carbons (Fsp3) is 0.364. The summed E-state index contributed by atoms with van der Waals surface area (Å²) in [4.78, 5) is 52.5. The number of hydrogen-bond acceptors (Lipinski definition) is 7. The predicted octanol–water partition coefficient (Wildman–Crippen LogP) is 0.0569. The molecule has 3 aliphatic rings. The van der Waals surface area contributed by atoms with Crippen LogP contribution in [-0.2, 0) is 20.9 Å². The molecule has 11 nitrogen and oxygen atoms in total. The average Bonchev–Trinajstić information content (AvgIpc) is 3.34. The molecule has 0 bridgehead atoms. The molecule has 2 fully saturated rings. The third kappa shape index (κ3) is 3.91. The van der Waals surface area contributed by atoms with Gasteiger partial charge in [-0.2, -0.15) is 0 Å². The first-order valence-electron chi connectivity index (χ1n) is 10.6. The van der Waals surface area contributed by atoms with Crippen LogP contribution in [0.3, 0.4) is 0 Å². The lowest BCUT2D eigenvalue weighted by Crippen LogP contribution is -2.52. The van der Waals surface area contributed by atoms with Crippen molar-refractivity contribution in [2.24, 2.45) is 0 Å². The van der Waals surface area contributed by atoms with Gasteiger partial charge in [0.1, 0.15) is 6.04 Å². The molecular weight excluding hydrogens is 428 g/mol. The molecule has 0 spiro atoms. The molecule has 0 radical (unpaired) electrons. The van der Waals surface area contributed by atoms with E-state index in [0.29, 0.717) is 44.0 Å². The summed E-state index contributed by atoms with van der Waals surface area (Å²) in [5.41, 5.74) is 2.90. The fourth-order valence-electron chi connectivity index (χ4n) is 4.31. The second-order valence-electron chi connectivity index (χ2n) is 8.32. The lowest BCUT2D eigenvalue weighted by Gasteiger charge is -2.29. The van der Waals surface area contributed by atoms with Crippen LogP contribution in [0.2, 0.25) is 0 Å². The summed E-state index contributed by atoms with van der Waals surface area (Å²) in [6.07, 6.45) is 2.06. The highest BCUT2D eigenvalue weighted by Crippen LogP contribution is 2.29. The molecule has 3 aliphatic heterocycles. The fourth-order valence-corrected chi connectivity index (χ4v) is 4.31. The van der Waals surface area contributed by atoms with Crippen molar-refractivity contribution >= 4 is 23.6 Å². The van der Waals surface area contributed by atoms with Gasteiger partial charge in [-0.05, 0) is 35.8 Å². The maximum atomic E-state index is 12.9. The maximum Gasteiger partial charge on any atom is 0.276 e. The first-order chi connectivity index (χ1) is 15.9. The number of rotatable bonds is 3. The Morgan fingerprint density at radius 3 is 2.88 bits per heavy atom. The van der Waals surface area contributed by atoms with Crippen molar-refractivity contribution in [3.63, 3.8) is 0 Å². The van der Waals surface area contributed by atoms with Crippen molar-refractivity contribution in [3.8, 4) is 5.69 Å². The van der Waals surface area contributed by atoms with Crippen molar-refractivity contribution in [1.29, 1.82) is 0 Å². The van der Waals surface area contributed by atoms with Crippen molar-refractivity contribution in [2.75, 3.05) is 26.3 Å². The van der Waals surface area contributed by atoms with Crippen LogP contribution in [0, 0.1) is 0 Å². The number of amides is 4. The second kappa shape index (κ2) is 8.24. The Kier molecular flexibility index (Phi) is 5.25. The van der Waals surface area contributed by atoms with Crippen LogP contribution < -0.4 is 5.32 Å². The molecule has 2 saturated heterocycles. The zero-order chi connectivity index (χ0) is 23.1. The Balaban J connectivity index is 1.34. The Morgan fingerprint density at radius 1 is 1.21 bits per heavy atom. The van der Waals surface area contributed by atoms with Crippen molar-refractivity contribution < 1.29 is 23.9 Å². The molecule has 0 saturated carbocycles. The summed E-state index contributed by atoms with van der Waals surface area (Å²) in [5, 5.41) is 10.4. The summed E-state index contributed by atoms with van der Waals surface area (Å²) in [5.74, 6) is -1.28. The predicted molar refractivity (Wildman–Crippen MR) is 113 cm³/mol. The highest BCUT2D eigenvalue weighted by molar-refractivity contribution is 6.05. The van der Waals surface area contributed by atoms with Crippen LogP contribution in [0.15, 0.2) is 36.5 Å². The molecule has 4 heterocycles. The van der Waals surface area contributed by atoms with Gasteiger partial charge in [-0.3, -0.25) is 24.5 Å². The van der Waals surface area contributed by atoms with E-state index in [1.54, 1.807) is 29.3 Å². The minimum Gasteiger partial charge on any atom is -0.375 e. The van der Waals surface area contributed by atoms with Gasteiger partial charge in [0.25, 0.3) is 11.8 Å². The minimum atomic E-state index is -0.672. The SMILES string of the molecule is C=C1COCCN(C(=O)c2cn(-c3ccc4c(c3)CN(C3CCC(=O)NC3=O)C4=O)nn2)C1. The monoisotopic (exact) mass is 450 g/mol. The molecule has 2 aromatic rings. The molecule has 1 aromatic carbocycles. The van der Waals surface area contributed by atoms with Crippen LogP contribution in [-0.4, -0.2) is 80.8 Å². The summed E-state index contributed by atoms with van der Waals surface area (Å²) in [7, 11) is 0. The minimum absolute atomic E-state index is 0.200. The average molecular weight is 450 g/mol. The van der Waals surface area contributed by atoms with E-state index in [1.165, 1.54) is 9.58 Å². The Hall–Kier alpha value is -3.86. The van der Waals surface area contributed by atoms with Crippen LogP contribution >= 0.6 is 0 Å². The highest BCUT2D eigenvalue weighted by atomic mass is 16.5. The van der Waals surface area contributed by atoms with Gasteiger partial charge in [0.05, 0.1) is 25.1 Å². The zero-order valence-corrected chi connectivity index (χ0v) is 17.8. The number of aromatic nitrogens is 3. The number of piperidine rings is 1. The number of benzene rings is 1. The zero-order valence-electron chi connectivity index (χ0n) is 17.8. The lowest BCUT2D eigenvalue weighted by atomic mass is 10.0. The first kappa shape index (κ1) is 21.0. The Bertz CT molecular complexity index is 1190. The molecule has 1 unspecified atom stereocenters. The van der Waals surface area contributed by atoms with E-state index in [0.717, 1.165) is 11.1 Å². The van der Waals surface area contributed by atoms with Crippen molar-refractivity contribution in [1.82, 2.24) is 30.1 Å². The van der Waals surface area contributed by atoms with Gasteiger partial charge in [-0.15, -0.1) is 5.10 Å². The molecule has 11 heteroatoms. The van der Waals surface area contributed by atoms with E-state index >= 15 is 0 Å². The molecule has 4 amide bonds. The third-order valence-electron chi connectivity index (χ3n) is 6.00. The molecule has 33 heavy (non-hydrogen) atoms. The number of imide groups is 1. The molecule has 0 aliphatic carbocycles. The Morgan fingerprint density at radius 2 is 2.06 bits per heavy atom. The topological polar surface area (TPSA) is 127 Å². The van der Waals surface area contributed by atoms with Gasteiger partial charge in [-0.25, -0.2) is 4.68 Å². The third-order valence-corrected chi connectivity index (χ3v) is 6.00. The number of nitrogens with zero attached hydrogens (tertiary/aromatic N) is 5. The smallest absolute Gasteiger partial charge is 0.276 e. The molecule has 1 N–H and O–H groups in total. The van der Waals surface area contributed by atoms with Gasteiger partial charge < -0.3 is 14.5 Å². The van der Waals surface area contributed by atoms with E-state index in [4.69, 9.17) is 4.74 Å². The van der Waals surface area contributed by atoms with E-state index in [2.05, 4.69) is 22.2 Å². The quantitative estimate of drug-likeness (QED) is 0.517. The van der Waals surface area contributed by atoms with Crippen LogP contribution in [0.25, 0.3) is 5.69 Å². The van der Waals surface area contributed by atoms with Crippen molar-refractivity contribution in [3.05, 3.63) is 53.4 Å². The van der Waals surface area contributed by atoms with Gasteiger partial charge >= 0.3 is 0 Å². The summed E-state index contributed by atoms with van der Waals surface area (Å²) >= 11 is 0. The first-order valence-corrected chi connectivity index (χ1v) is 10.6. The number of fused-ring (bicyclic) bond motifs is 1. The van der Waals surface area contributed by atoms with Gasteiger partial charge in [0.2, 0.25) is 11.8 Å². The molecular formula is C22H22N6O5. The molecule has 1 aromatic heterocycles. The number of carbonyl (C=O) groups is 4. The van der Waals surface area contributed by atoms with Gasteiger partial charge in [0, 0.05) is 31.6 Å². The van der Waals surface area contributed by atoms with Crippen LogP contribution in [0.4, 0.5) is 0 Å². The number of nitrogens with one attached hydrogen (secondary N) is 1. The van der Waals surface area contributed by atoms with E-state index in [-0.39, 0.29) is 36.4 Å². The standard InChI is InChI=1S/C22H22N6O5/c1-13-9-26(6-7-33-12-13)22(32)17-11-28(25-24-17)15-2-3-16-14(8-15)10-27(21(16)31)18-4-5-19(29)23-20(18)30/h2-3,8,11,18H,1,4-7,9-10,12H2,(H,23,29,30). The van der Waals surface area contributed by atoms with Crippen molar-refractivity contribution in [2.45, 2.75) is 25.4 Å². The number of hydrogen-bond donors (Lipinski definition) is 1. The van der Waals surface area contributed by atoms with E-state index in [9.17, 15) is 19.2 Å². The lowest BCUT2D eigenvalue weighted by molar-refractivity contribution is -0.136. The van der Waals surface area contributed by atoms with Crippen LogP contribution in [0.5, 0.6) is 0 Å². The van der Waals surface area contributed by atoms with Crippen LogP contribution in [0.1, 0.15) is 39.3 Å². The summed E-state index contributed by atoms with van der Waals surface area (Å²) in [6, 6.07) is 4.52. The summed E-state index contributed by atoms with van der Waals surface area (Å²) < 4.78 is 6.89. The highest BCUT2D eigenvalue weighted by Gasteiger charge is 2.39. The summed E-state index contributed by atoms with van der Waals surface area (Å²) in [6.45, 7) is 5.88. The Labute approximate surface area is 189 Å². The molecule has 1 atom stereocenters. The van der Waals surface area contributed by atoms with Gasteiger partial charge in [0.15, 0.2) is 5.69 Å². The number of carbonyl (C=O) groups excluding carboxylic acids is 4. The number of ether oxygens (including phenoxy) is 1.